The summed E-state index contributed by atoms with van der Waals surface area (Å²) < 4.78 is 0. The Balaban J connectivity index is 2.42. The first-order valence-electron chi connectivity index (χ1n) is 4.13. The smallest absolute Gasteiger partial charge is 0.242 e. The van der Waals surface area contributed by atoms with E-state index in [1.807, 2.05) is 0 Å². The highest BCUT2D eigenvalue weighted by Crippen LogP contribution is 1.97. The van der Waals surface area contributed by atoms with Crippen LogP contribution in [0.1, 0.15) is 13.3 Å². The second-order valence-electron chi connectivity index (χ2n) is 3.04. The highest BCUT2D eigenvalue weighted by molar-refractivity contribution is 5.92. The van der Waals surface area contributed by atoms with E-state index in [4.69, 9.17) is 0 Å². The molecule has 1 aliphatic rings. The molecule has 1 fully saturated rings. The molecule has 1 N–H and O–H groups in total. The van der Waals surface area contributed by atoms with E-state index >= 15 is 0 Å². The molecule has 2 amide bonds. The minimum atomic E-state index is -0.164. The molecule has 0 aromatic heterocycles. The van der Waals surface area contributed by atoms with Gasteiger partial charge < -0.3 is 10.2 Å². The molecule has 0 aromatic rings. The SMILES string of the molecule is CC(=O)CCN1CC(=O)NCC1=O. The van der Waals surface area contributed by atoms with Crippen LogP contribution in [-0.4, -0.2) is 42.1 Å². The first-order valence-corrected chi connectivity index (χ1v) is 4.13. The third-order valence-corrected chi connectivity index (χ3v) is 1.86. The fourth-order valence-electron chi connectivity index (χ4n) is 1.10. The van der Waals surface area contributed by atoms with Crippen molar-refractivity contribution in [3.05, 3.63) is 0 Å². The van der Waals surface area contributed by atoms with Crippen molar-refractivity contribution in [1.82, 2.24) is 10.2 Å². The maximum Gasteiger partial charge on any atom is 0.242 e. The highest BCUT2D eigenvalue weighted by atomic mass is 16.2. The standard InChI is InChI=1S/C8H12N2O3/c1-6(11)2-3-10-5-7(12)9-4-8(10)13/h2-5H2,1H3,(H,9,12). The normalized spacial score (nSPS) is 17.2. The second-order valence-corrected chi connectivity index (χ2v) is 3.04. The van der Waals surface area contributed by atoms with Crippen LogP contribution in [0, 0.1) is 0 Å². The predicted molar refractivity (Wildman–Crippen MR) is 44.9 cm³/mol. The number of Topliss-reactive ketones (excluding diaryl/α,β-unsaturated/α-hetero) is 1. The number of ketones is 1. The van der Waals surface area contributed by atoms with Crippen LogP contribution >= 0.6 is 0 Å². The van der Waals surface area contributed by atoms with Crippen molar-refractivity contribution < 1.29 is 14.4 Å². The first-order chi connectivity index (χ1) is 6.09. The van der Waals surface area contributed by atoms with Gasteiger partial charge in [-0.15, -0.1) is 0 Å². The van der Waals surface area contributed by atoms with Crippen molar-refractivity contribution in [2.45, 2.75) is 13.3 Å². The number of hydrogen-bond donors (Lipinski definition) is 1. The Bertz CT molecular complexity index is 250. The van der Waals surface area contributed by atoms with Crippen LogP contribution in [0.4, 0.5) is 0 Å². The number of amides is 2. The Morgan fingerprint density at radius 3 is 2.85 bits per heavy atom. The topological polar surface area (TPSA) is 66.5 Å². The first kappa shape index (κ1) is 9.70. The molecule has 0 aliphatic carbocycles. The van der Waals surface area contributed by atoms with E-state index < -0.39 is 0 Å². The predicted octanol–water partition coefficient (Wildman–Crippen LogP) is -1.08. The highest BCUT2D eigenvalue weighted by Gasteiger charge is 2.22. The van der Waals surface area contributed by atoms with Crippen LogP contribution in [0.5, 0.6) is 0 Å². The van der Waals surface area contributed by atoms with Crippen molar-refractivity contribution in [2.75, 3.05) is 19.6 Å². The molecule has 72 valence electrons. The average molecular weight is 184 g/mol. The molecule has 0 radical (unpaired) electrons. The third-order valence-electron chi connectivity index (χ3n) is 1.86. The molecule has 0 atom stereocenters. The summed E-state index contributed by atoms with van der Waals surface area (Å²) in [5.74, 6) is -0.261. The van der Waals surface area contributed by atoms with E-state index in [9.17, 15) is 14.4 Å². The van der Waals surface area contributed by atoms with Gasteiger partial charge in [-0.1, -0.05) is 0 Å². The average Bonchev–Trinajstić information content (AvgIpc) is 2.06. The molecular formula is C8H12N2O3. The van der Waals surface area contributed by atoms with Gasteiger partial charge in [0.1, 0.15) is 5.78 Å². The summed E-state index contributed by atoms with van der Waals surface area (Å²) >= 11 is 0. The molecule has 1 aliphatic heterocycles. The molecular weight excluding hydrogens is 172 g/mol. The van der Waals surface area contributed by atoms with Crippen LogP contribution in [0.25, 0.3) is 0 Å². The quantitative estimate of drug-likeness (QED) is 0.607. The molecule has 13 heavy (non-hydrogen) atoms. The molecule has 0 aromatic carbocycles. The Morgan fingerprint density at radius 2 is 2.23 bits per heavy atom. The minimum Gasteiger partial charge on any atom is -0.345 e. The lowest BCUT2D eigenvalue weighted by molar-refractivity contribution is -0.140. The van der Waals surface area contributed by atoms with Gasteiger partial charge in [0.2, 0.25) is 11.8 Å². The number of rotatable bonds is 3. The number of carbonyl (C=O) groups excluding carboxylic acids is 3. The Kier molecular flexibility index (Phi) is 3.00. The molecule has 5 heteroatoms. The van der Waals surface area contributed by atoms with Gasteiger partial charge in [0.25, 0.3) is 0 Å². The van der Waals surface area contributed by atoms with Crippen molar-refractivity contribution in [3.63, 3.8) is 0 Å². The van der Waals surface area contributed by atoms with E-state index in [0.717, 1.165) is 0 Å². The molecule has 0 saturated carbocycles. The van der Waals surface area contributed by atoms with Crippen molar-refractivity contribution in [2.24, 2.45) is 0 Å². The molecule has 0 bridgehead atoms. The zero-order valence-electron chi connectivity index (χ0n) is 7.50. The molecule has 0 spiro atoms. The molecule has 0 unspecified atom stereocenters. The summed E-state index contributed by atoms with van der Waals surface area (Å²) in [6.45, 7) is 1.94. The van der Waals surface area contributed by atoms with Crippen LogP contribution in [0.2, 0.25) is 0 Å². The molecule has 5 nitrogen and oxygen atoms in total. The van der Waals surface area contributed by atoms with Crippen molar-refractivity contribution in [3.8, 4) is 0 Å². The lowest BCUT2D eigenvalue weighted by atomic mass is 10.2. The molecule has 1 heterocycles. The van der Waals surface area contributed by atoms with Crippen LogP contribution in [0.15, 0.2) is 0 Å². The minimum absolute atomic E-state index is 0.0266. The Labute approximate surface area is 76.1 Å². The van der Waals surface area contributed by atoms with Gasteiger partial charge in [-0.05, 0) is 6.92 Å². The van der Waals surface area contributed by atoms with Crippen molar-refractivity contribution in [1.29, 1.82) is 0 Å². The Morgan fingerprint density at radius 1 is 1.54 bits per heavy atom. The summed E-state index contributed by atoms with van der Waals surface area (Å²) in [4.78, 5) is 34.1. The maximum atomic E-state index is 11.2. The summed E-state index contributed by atoms with van der Waals surface area (Å²) in [6, 6.07) is 0. The zero-order chi connectivity index (χ0) is 9.84. The number of hydrogen-bond acceptors (Lipinski definition) is 3. The van der Waals surface area contributed by atoms with Gasteiger partial charge in [-0.3, -0.25) is 14.4 Å². The van der Waals surface area contributed by atoms with E-state index in [-0.39, 0.29) is 30.7 Å². The van der Waals surface area contributed by atoms with Gasteiger partial charge in [0, 0.05) is 13.0 Å². The fourth-order valence-corrected chi connectivity index (χ4v) is 1.10. The van der Waals surface area contributed by atoms with Gasteiger partial charge in [0.15, 0.2) is 0 Å². The zero-order valence-corrected chi connectivity index (χ0v) is 7.50. The maximum absolute atomic E-state index is 11.2. The van der Waals surface area contributed by atoms with E-state index in [1.165, 1.54) is 11.8 Å². The number of nitrogens with one attached hydrogen (secondary N) is 1. The Hall–Kier alpha value is -1.39. The van der Waals surface area contributed by atoms with E-state index in [0.29, 0.717) is 13.0 Å². The van der Waals surface area contributed by atoms with Gasteiger partial charge >= 0.3 is 0 Å². The monoisotopic (exact) mass is 184 g/mol. The van der Waals surface area contributed by atoms with Gasteiger partial charge in [-0.2, -0.15) is 0 Å². The summed E-state index contributed by atoms with van der Waals surface area (Å²) in [6.07, 6.45) is 0.318. The summed E-state index contributed by atoms with van der Waals surface area (Å²) in [7, 11) is 0. The fraction of sp³-hybridized carbons (Fsp3) is 0.625. The van der Waals surface area contributed by atoms with Crippen LogP contribution < -0.4 is 5.32 Å². The number of piperazine rings is 1. The summed E-state index contributed by atoms with van der Waals surface area (Å²) in [5, 5.41) is 2.43. The third kappa shape index (κ3) is 2.85. The largest absolute Gasteiger partial charge is 0.345 e. The van der Waals surface area contributed by atoms with Gasteiger partial charge in [-0.25, -0.2) is 0 Å². The number of carbonyl (C=O) groups is 3. The van der Waals surface area contributed by atoms with Crippen molar-refractivity contribution >= 4 is 17.6 Å². The summed E-state index contributed by atoms with van der Waals surface area (Å²) in [5.41, 5.74) is 0. The second kappa shape index (κ2) is 4.02. The van der Waals surface area contributed by atoms with E-state index in [2.05, 4.69) is 5.32 Å². The van der Waals surface area contributed by atoms with Gasteiger partial charge in [0.05, 0.1) is 13.1 Å². The van der Waals surface area contributed by atoms with Crippen LogP contribution in [-0.2, 0) is 14.4 Å². The molecule has 1 rings (SSSR count). The van der Waals surface area contributed by atoms with E-state index in [1.54, 1.807) is 0 Å². The van der Waals surface area contributed by atoms with Crippen LogP contribution in [0.3, 0.4) is 0 Å². The number of nitrogens with zero attached hydrogens (tertiary/aromatic N) is 1. The molecule has 1 saturated heterocycles. The lowest BCUT2D eigenvalue weighted by Crippen LogP contribution is -2.51. The lowest BCUT2D eigenvalue weighted by Gasteiger charge is -2.25.